The zero-order chi connectivity index (χ0) is 14.1. The Morgan fingerprint density at radius 3 is 2.89 bits per heavy atom. The second kappa shape index (κ2) is 8.17. The first kappa shape index (κ1) is 15.1. The third-order valence-electron chi connectivity index (χ3n) is 2.28. The summed E-state index contributed by atoms with van der Waals surface area (Å²) < 4.78 is 10.3. The molecule has 0 fully saturated rings. The number of rotatable bonds is 6. The Bertz CT molecular complexity index is 506. The summed E-state index contributed by atoms with van der Waals surface area (Å²) >= 11 is 5.51. The van der Waals surface area contributed by atoms with E-state index in [1.54, 1.807) is 24.3 Å². The van der Waals surface area contributed by atoms with Crippen molar-refractivity contribution in [1.29, 1.82) is 5.26 Å². The molecular weight excluding hydrogens is 266 g/mol. The SMILES string of the molecule is COc1cc(/C=C\C#N)ccc1OC(=O)CCCCl. The Morgan fingerprint density at radius 2 is 2.26 bits per heavy atom. The van der Waals surface area contributed by atoms with Crippen molar-refractivity contribution < 1.29 is 14.3 Å². The number of hydrogen-bond donors (Lipinski definition) is 0. The van der Waals surface area contributed by atoms with Crippen molar-refractivity contribution in [2.75, 3.05) is 13.0 Å². The van der Waals surface area contributed by atoms with Crippen LogP contribution in [-0.2, 0) is 4.79 Å². The molecule has 19 heavy (non-hydrogen) atoms. The summed E-state index contributed by atoms with van der Waals surface area (Å²) in [7, 11) is 1.49. The molecule has 0 N–H and O–H groups in total. The van der Waals surface area contributed by atoms with Gasteiger partial charge in [-0.05, 0) is 30.2 Å². The van der Waals surface area contributed by atoms with Gasteiger partial charge in [0, 0.05) is 18.4 Å². The van der Waals surface area contributed by atoms with Crippen molar-refractivity contribution in [1.82, 2.24) is 0 Å². The first-order valence-electron chi connectivity index (χ1n) is 5.72. The van der Waals surface area contributed by atoms with Crippen LogP contribution in [-0.4, -0.2) is 19.0 Å². The van der Waals surface area contributed by atoms with Gasteiger partial charge in [-0.1, -0.05) is 6.07 Å². The molecular formula is C14H14ClNO3. The number of halogens is 1. The number of hydrogen-bond acceptors (Lipinski definition) is 4. The van der Waals surface area contributed by atoms with Gasteiger partial charge in [-0.3, -0.25) is 4.79 Å². The predicted molar refractivity (Wildman–Crippen MR) is 73.2 cm³/mol. The average molecular weight is 280 g/mol. The summed E-state index contributed by atoms with van der Waals surface area (Å²) in [5.41, 5.74) is 0.791. The molecule has 0 atom stereocenters. The van der Waals surface area contributed by atoms with Crippen molar-refractivity contribution in [3.63, 3.8) is 0 Å². The third kappa shape index (κ3) is 5.02. The Balaban J connectivity index is 2.81. The van der Waals surface area contributed by atoms with E-state index in [9.17, 15) is 4.79 Å². The standard InChI is InChI=1S/C14H14ClNO3/c1-18-13-10-11(4-3-9-16)6-7-12(13)19-14(17)5-2-8-15/h3-4,6-7,10H,2,5,8H2,1H3/b4-3-. The van der Waals surface area contributed by atoms with Crippen molar-refractivity contribution >= 4 is 23.6 Å². The van der Waals surface area contributed by atoms with Crippen LogP contribution in [0.25, 0.3) is 6.08 Å². The third-order valence-corrected chi connectivity index (χ3v) is 2.54. The maximum atomic E-state index is 11.5. The van der Waals surface area contributed by atoms with Crippen molar-refractivity contribution in [2.24, 2.45) is 0 Å². The Kier molecular flexibility index (Phi) is 6.48. The maximum Gasteiger partial charge on any atom is 0.311 e. The van der Waals surface area contributed by atoms with Crippen molar-refractivity contribution in [2.45, 2.75) is 12.8 Å². The fourth-order valence-electron chi connectivity index (χ4n) is 1.39. The lowest BCUT2D eigenvalue weighted by Gasteiger charge is -2.09. The minimum Gasteiger partial charge on any atom is -0.493 e. The van der Waals surface area contributed by atoms with Gasteiger partial charge in [0.1, 0.15) is 0 Å². The number of nitriles is 1. The zero-order valence-electron chi connectivity index (χ0n) is 10.6. The topological polar surface area (TPSA) is 59.3 Å². The fourth-order valence-corrected chi connectivity index (χ4v) is 1.52. The van der Waals surface area contributed by atoms with Gasteiger partial charge in [0.05, 0.1) is 13.2 Å². The van der Waals surface area contributed by atoms with E-state index in [4.69, 9.17) is 26.3 Å². The first-order valence-corrected chi connectivity index (χ1v) is 6.25. The predicted octanol–water partition coefficient (Wildman–Crippen LogP) is 3.16. The van der Waals surface area contributed by atoms with Gasteiger partial charge < -0.3 is 9.47 Å². The molecule has 0 aromatic heterocycles. The van der Waals surface area contributed by atoms with Crippen LogP contribution in [0.15, 0.2) is 24.3 Å². The van der Waals surface area contributed by atoms with Gasteiger partial charge in [-0.2, -0.15) is 5.26 Å². The second-order valence-electron chi connectivity index (χ2n) is 3.64. The molecule has 1 aromatic carbocycles. The molecule has 4 nitrogen and oxygen atoms in total. The number of nitrogens with zero attached hydrogens (tertiary/aromatic N) is 1. The lowest BCUT2D eigenvalue weighted by molar-refractivity contribution is -0.134. The van der Waals surface area contributed by atoms with Crippen LogP contribution in [0, 0.1) is 11.3 Å². The summed E-state index contributed by atoms with van der Waals surface area (Å²) in [6.45, 7) is 0. The lowest BCUT2D eigenvalue weighted by Crippen LogP contribution is -2.08. The number of allylic oxidation sites excluding steroid dienone is 1. The highest BCUT2D eigenvalue weighted by Crippen LogP contribution is 2.29. The van der Waals surface area contributed by atoms with E-state index in [0.717, 1.165) is 5.56 Å². The largest absolute Gasteiger partial charge is 0.493 e. The minimum atomic E-state index is -0.348. The molecule has 0 unspecified atom stereocenters. The van der Waals surface area contributed by atoms with E-state index in [2.05, 4.69) is 0 Å². The van der Waals surface area contributed by atoms with Gasteiger partial charge in [-0.15, -0.1) is 11.6 Å². The van der Waals surface area contributed by atoms with Gasteiger partial charge in [0.25, 0.3) is 0 Å². The van der Waals surface area contributed by atoms with Crippen molar-refractivity contribution in [3.05, 3.63) is 29.8 Å². The Morgan fingerprint density at radius 1 is 1.47 bits per heavy atom. The quantitative estimate of drug-likeness (QED) is 0.347. The molecule has 0 radical (unpaired) electrons. The summed E-state index contributed by atoms with van der Waals surface area (Å²) in [5, 5.41) is 8.46. The van der Waals surface area contributed by atoms with Crippen LogP contribution in [0.3, 0.4) is 0 Å². The molecule has 1 rings (SSSR count). The number of methoxy groups -OCH3 is 1. The molecule has 5 heteroatoms. The number of carbonyl (C=O) groups is 1. The van der Waals surface area contributed by atoms with Gasteiger partial charge in [0.2, 0.25) is 0 Å². The van der Waals surface area contributed by atoms with Gasteiger partial charge in [0.15, 0.2) is 11.5 Å². The zero-order valence-corrected chi connectivity index (χ0v) is 11.3. The van der Waals surface area contributed by atoms with E-state index in [0.29, 0.717) is 23.8 Å². The summed E-state index contributed by atoms with van der Waals surface area (Å²) in [6.07, 6.45) is 3.84. The fraction of sp³-hybridized carbons (Fsp3) is 0.286. The number of benzene rings is 1. The molecule has 0 aliphatic rings. The minimum absolute atomic E-state index is 0.267. The number of carbonyl (C=O) groups excluding carboxylic acids is 1. The van der Waals surface area contributed by atoms with Crippen LogP contribution in [0.2, 0.25) is 0 Å². The van der Waals surface area contributed by atoms with Crippen molar-refractivity contribution in [3.8, 4) is 17.6 Å². The van der Waals surface area contributed by atoms with Crippen LogP contribution in [0.1, 0.15) is 18.4 Å². The molecule has 0 heterocycles. The van der Waals surface area contributed by atoms with E-state index >= 15 is 0 Å². The van der Waals surface area contributed by atoms with Gasteiger partial charge >= 0.3 is 5.97 Å². The molecule has 1 aromatic rings. The molecule has 0 amide bonds. The maximum absolute atomic E-state index is 11.5. The van der Waals surface area contributed by atoms with Crippen LogP contribution in [0.5, 0.6) is 11.5 Å². The number of esters is 1. The van der Waals surface area contributed by atoms with Crippen LogP contribution in [0.4, 0.5) is 0 Å². The summed E-state index contributed by atoms with van der Waals surface area (Å²) in [6, 6.07) is 6.97. The average Bonchev–Trinajstić information content (AvgIpc) is 2.43. The molecule has 100 valence electrons. The summed E-state index contributed by atoms with van der Waals surface area (Å²) in [4.78, 5) is 11.5. The molecule has 0 aliphatic heterocycles. The number of ether oxygens (including phenoxy) is 2. The van der Waals surface area contributed by atoms with E-state index in [1.165, 1.54) is 13.2 Å². The first-order chi connectivity index (χ1) is 9.21. The molecule has 0 saturated carbocycles. The van der Waals surface area contributed by atoms with Crippen LogP contribution < -0.4 is 9.47 Å². The van der Waals surface area contributed by atoms with Gasteiger partial charge in [-0.25, -0.2) is 0 Å². The number of alkyl halides is 1. The molecule has 0 spiro atoms. The highest BCUT2D eigenvalue weighted by Gasteiger charge is 2.10. The monoisotopic (exact) mass is 279 g/mol. The lowest BCUT2D eigenvalue weighted by atomic mass is 10.2. The van der Waals surface area contributed by atoms with E-state index in [-0.39, 0.29) is 12.4 Å². The Labute approximate surface area is 117 Å². The normalized spacial score (nSPS) is 10.2. The van der Waals surface area contributed by atoms with E-state index in [1.807, 2.05) is 6.07 Å². The van der Waals surface area contributed by atoms with E-state index < -0.39 is 0 Å². The second-order valence-corrected chi connectivity index (χ2v) is 4.02. The van der Waals surface area contributed by atoms with Crippen LogP contribution >= 0.6 is 11.6 Å². The molecule has 0 saturated heterocycles. The molecule has 0 bridgehead atoms. The summed E-state index contributed by atoms with van der Waals surface area (Å²) in [5.74, 6) is 0.874. The highest BCUT2D eigenvalue weighted by molar-refractivity contribution is 6.17. The Hall–Kier alpha value is -1.99. The highest BCUT2D eigenvalue weighted by atomic mass is 35.5. The smallest absolute Gasteiger partial charge is 0.311 e. The molecule has 0 aliphatic carbocycles.